The average Bonchev–Trinajstić information content (AvgIpc) is 2.86. The number of fused-ring (bicyclic) bond motifs is 1. The molecule has 1 aliphatic rings. The molecule has 2 amide bonds. The van der Waals surface area contributed by atoms with Gasteiger partial charge in [0.05, 0.1) is 0 Å². The highest BCUT2D eigenvalue weighted by Crippen LogP contribution is 2.25. The predicted molar refractivity (Wildman–Crippen MR) is 136 cm³/mol. The lowest BCUT2D eigenvalue weighted by Gasteiger charge is -2.31. The zero-order valence-corrected chi connectivity index (χ0v) is 20.3. The molecule has 6 heteroatoms. The van der Waals surface area contributed by atoms with Crippen LogP contribution >= 0.6 is 11.6 Å². The molecule has 0 aliphatic heterocycles. The lowest BCUT2D eigenvalue weighted by molar-refractivity contribution is -0.142. The van der Waals surface area contributed by atoms with Gasteiger partial charge in [0.1, 0.15) is 11.8 Å². The van der Waals surface area contributed by atoms with Crippen molar-refractivity contribution < 1.29 is 14.3 Å². The summed E-state index contributed by atoms with van der Waals surface area (Å²) >= 11 is 6.17. The summed E-state index contributed by atoms with van der Waals surface area (Å²) in [6.07, 6.45) is 5.45. The van der Waals surface area contributed by atoms with Gasteiger partial charge >= 0.3 is 0 Å². The fourth-order valence-corrected chi connectivity index (χ4v) is 4.74. The molecule has 0 heterocycles. The minimum absolute atomic E-state index is 0.132. The molecule has 0 radical (unpaired) electrons. The second kappa shape index (κ2) is 11.4. The van der Waals surface area contributed by atoms with Crippen molar-refractivity contribution in [3.8, 4) is 5.75 Å². The van der Waals surface area contributed by atoms with Crippen LogP contribution in [0.4, 0.5) is 0 Å². The number of halogens is 1. The van der Waals surface area contributed by atoms with E-state index in [1.807, 2.05) is 60.7 Å². The van der Waals surface area contributed by atoms with Gasteiger partial charge in [-0.05, 0) is 48.9 Å². The van der Waals surface area contributed by atoms with Crippen molar-refractivity contribution in [2.75, 3.05) is 6.61 Å². The Kier molecular flexibility index (Phi) is 8.07. The number of hydrogen-bond acceptors (Lipinski definition) is 3. The molecule has 3 aromatic carbocycles. The van der Waals surface area contributed by atoms with Crippen molar-refractivity contribution in [1.29, 1.82) is 0 Å². The van der Waals surface area contributed by atoms with E-state index in [0.29, 0.717) is 10.8 Å². The second-order valence-corrected chi connectivity index (χ2v) is 9.37. The molecule has 1 atom stereocenters. The van der Waals surface area contributed by atoms with Gasteiger partial charge in [-0.1, -0.05) is 79.4 Å². The number of hydrogen-bond donors (Lipinski definition) is 1. The van der Waals surface area contributed by atoms with E-state index in [2.05, 4.69) is 5.32 Å². The van der Waals surface area contributed by atoms with Crippen LogP contribution in [0.1, 0.15) is 44.6 Å². The van der Waals surface area contributed by atoms with Crippen LogP contribution in [0.25, 0.3) is 10.8 Å². The molecular formula is C28H31ClN2O3. The van der Waals surface area contributed by atoms with E-state index >= 15 is 0 Å². The second-order valence-electron chi connectivity index (χ2n) is 8.94. The third-order valence-electron chi connectivity index (χ3n) is 6.46. The molecule has 0 saturated heterocycles. The van der Waals surface area contributed by atoms with Crippen molar-refractivity contribution in [1.82, 2.24) is 10.2 Å². The van der Waals surface area contributed by atoms with Crippen molar-refractivity contribution in [2.24, 2.45) is 0 Å². The molecule has 0 aromatic heterocycles. The molecule has 0 bridgehead atoms. The SMILES string of the molecule is CC(C(=O)NC1CCCCC1)N(Cc1cccc(Cl)c1)C(=O)COc1cccc2ccccc12. The van der Waals surface area contributed by atoms with Gasteiger partial charge in [-0.15, -0.1) is 0 Å². The van der Waals surface area contributed by atoms with Crippen LogP contribution in [0.5, 0.6) is 5.75 Å². The van der Waals surface area contributed by atoms with E-state index in [1.54, 1.807) is 17.9 Å². The van der Waals surface area contributed by atoms with Crippen molar-refractivity contribution >= 4 is 34.2 Å². The summed E-state index contributed by atoms with van der Waals surface area (Å²) in [5.74, 6) is 0.264. The molecule has 1 aliphatic carbocycles. The van der Waals surface area contributed by atoms with E-state index in [4.69, 9.17) is 16.3 Å². The highest BCUT2D eigenvalue weighted by atomic mass is 35.5. The minimum atomic E-state index is -0.635. The van der Waals surface area contributed by atoms with Crippen molar-refractivity contribution in [3.63, 3.8) is 0 Å². The van der Waals surface area contributed by atoms with Crippen molar-refractivity contribution in [2.45, 2.75) is 57.7 Å². The topological polar surface area (TPSA) is 58.6 Å². The Morgan fingerprint density at radius 1 is 1.03 bits per heavy atom. The van der Waals surface area contributed by atoms with Gasteiger partial charge in [0.15, 0.2) is 6.61 Å². The Hall–Kier alpha value is -3.05. The summed E-state index contributed by atoms with van der Waals surface area (Å²) in [6.45, 7) is 1.89. The maximum absolute atomic E-state index is 13.4. The number of benzene rings is 3. The van der Waals surface area contributed by atoms with E-state index in [0.717, 1.165) is 42.0 Å². The molecule has 4 rings (SSSR count). The summed E-state index contributed by atoms with van der Waals surface area (Å²) in [7, 11) is 0. The van der Waals surface area contributed by atoms with Crippen LogP contribution in [-0.4, -0.2) is 35.4 Å². The number of amides is 2. The van der Waals surface area contributed by atoms with Crippen LogP contribution in [-0.2, 0) is 16.1 Å². The Balaban J connectivity index is 1.50. The predicted octanol–water partition coefficient (Wildman–Crippen LogP) is 5.74. The van der Waals surface area contributed by atoms with E-state index in [1.165, 1.54) is 6.42 Å². The first-order chi connectivity index (χ1) is 16.5. The average molecular weight is 479 g/mol. The van der Waals surface area contributed by atoms with Gasteiger partial charge in [-0.3, -0.25) is 9.59 Å². The van der Waals surface area contributed by atoms with Crippen LogP contribution < -0.4 is 10.1 Å². The number of carbonyl (C=O) groups excluding carboxylic acids is 2. The van der Waals surface area contributed by atoms with Gasteiger partial charge in [-0.2, -0.15) is 0 Å². The molecule has 0 spiro atoms. The zero-order chi connectivity index (χ0) is 23.9. The first-order valence-corrected chi connectivity index (χ1v) is 12.3. The molecule has 5 nitrogen and oxygen atoms in total. The molecule has 1 saturated carbocycles. The van der Waals surface area contributed by atoms with Crippen LogP contribution in [0.15, 0.2) is 66.7 Å². The number of nitrogens with one attached hydrogen (secondary N) is 1. The van der Waals surface area contributed by atoms with E-state index < -0.39 is 6.04 Å². The van der Waals surface area contributed by atoms with Gasteiger partial charge in [-0.25, -0.2) is 0 Å². The lowest BCUT2D eigenvalue weighted by atomic mass is 9.95. The summed E-state index contributed by atoms with van der Waals surface area (Å²) in [6, 6.07) is 20.6. The number of nitrogens with zero attached hydrogens (tertiary/aromatic N) is 1. The Labute approximate surface area is 206 Å². The first kappa shape index (κ1) is 24.1. The minimum Gasteiger partial charge on any atom is -0.483 e. The summed E-state index contributed by atoms with van der Waals surface area (Å²) < 4.78 is 5.95. The normalized spacial score (nSPS) is 15.0. The molecule has 34 heavy (non-hydrogen) atoms. The molecule has 1 fully saturated rings. The van der Waals surface area contributed by atoms with E-state index in [9.17, 15) is 9.59 Å². The van der Waals surface area contributed by atoms with Crippen LogP contribution in [0, 0.1) is 0 Å². The zero-order valence-electron chi connectivity index (χ0n) is 19.5. The Bertz CT molecular complexity index is 1140. The van der Waals surface area contributed by atoms with Gasteiger partial charge in [0.2, 0.25) is 5.91 Å². The summed E-state index contributed by atoms with van der Waals surface area (Å²) in [5.41, 5.74) is 0.864. The van der Waals surface area contributed by atoms with Gasteiger partial charge in [0, 0.05) is 23.0 Å². The number of rotatable bonds is 8. The highest BCUT2D eigenvalue weighted by molar-refractivity contribution is 6.30. The number of carbonyl (C=O) groups is 2. The standard InChI is InChI=1S/C28H31ClN2O3/c1-20(28(33)30-24-13-3-2-4-14-24)31(18-21-9-7-12-23(29)17-21)27(32)19-34-26-16-8-11-22-10-5-6-15-25(22)26/h5-12,15-17,20,24H,2-4,13-14,18-19H2,1H3,(H,30,33). The lowest BCUT2D eigenvalue weighted by Crippen LogP contribution is -2.51. The Morgan fingerprint density at radius 3 is 2.56 bits per heavy atom. The Morgan fingerprint density at radius 2 is 1.76 bits per heavy atom. The maximum atomic E-state index is 13.4. The van der Waals surface area contributed by atoms with Gasteiger partial charge < -0.3 is 15.0 Å². The monoisotopic (exact) mass is 478 g/mol. The molecule has 1 unspecified atom stereocenters. The maximum Gasteiger partial charge on any atom is 0.261 e. The third-order valence-corrected chi connectivity index (χ3v) is 6.70. The molecule has 178 valence electrons. The van der Waals surface area contributed by atoms with Crippen LogP contribution in [0.2, 0.25) is 5.02 Å². The van der Waals surface area contributed by atoms with Gasteiger partial charge in [0.25, 0.3) is 5.91 Å². The third kappa shape index (κ3) is 6.09. The molecular weight excluding hydrogens is 448 g/mol. The van der Waals surface area contributed by atoms with Crippen molar-refractivity contribution in [3.05, 3.63) is 77.3 Å². The fraction of sp³-hybridized carbons (Fsp3) is 0.357. The highest BCUT2D eigenvalue weighted by Gasteiger charge is 2.28. The largest absolute Gasteiger partial charge is 0.483 e. The summed E-state index contributed by atoms with van der Waals surface area (Å²) in [5, 5.41) is 5.73. The smallest absolute Gasteiger partial charge is 0.261 e. The fourth-order valence-electron chi connectivity index (χ4n) is 4.53. The first-order valence-electron chi connectivity index (χ1n) is 12.0. The summed E-state index contributed by atoms with van der Waals surface area (Å²) in [4.78, 5) is 28.0. The molecule has 1 N–H and O–H groups in total. The number of ether oxygens (including phenoxy) is 1. The van der Waals surface area contributed by atoms with Crippen LogP contribution in [0.3, 0.4) is 0 Å². The van der Waals surface area contributed by atoms with E-state index in [-0.39, 0.29) is 31.0 Å². The molecule has 3 aromatic rings. The quantitative estimate of drug-likeness (QED) is 0.449.